The average Bonchev–Trinajstić information content (AvgIpc) is 2.02. The van der Waals surface area contributed by atoms with Gasteiger partial charge in [0.2, 0.25) is 0 Å². The largest absolute Gasteiger partial charge is 0.464 e. The second kappa shape index (κ2) is 4.14. The van der Waals surface area contributed by atoms with Gasteiger partial charge < -0.3 is 5.11 Å². The Morgan fingerprint density at radius 3 is 2.36 bits per heavy atom. The van der Waals surface area contributed by atoms with Gasteiger partial charge in [0, 0.05) is 13.1 Å². The van der Waals surface area contributed by atoms with Crippen molar-refractivity contribution in [2.24, 2.45) is 5.92 Å². The van der Waals surface area contributed by atoms with Gasteiger partial charge in [-0.25, -0.2) is 9.52 Å². The van der Waals surface area contributed by atoms with Crippen molar-refractivity contribution in [1.29, 1.82) is 0 Å². The Hall–Kier alpha value is -0.820. The lowest BCUT2D eigenvalue weighted by Gasteiger charge is -2.28. The SMILES string of the molecule is CC1CCN(S(=O)(=O)NC(=O)O)CC1. The van der Waals surface area contributed by atoms with Gasteiger partial charge in [-0.1, -0.05) is 6.92 Å². The first kappa shape index (κ1) is 11.3. The summed E-state index contributed by atoms with van der Waals surface area (Å²) >= 11 is 0. The molecule has 0 atom stereocenters. The molecule has 1 fully saturated rings. The first-order chi connectivity index (χ1) is 6.42. The molecule has 0 aromatic rings. The number of piperidine rings is 1. The second-order valence-electron chi connectivity index (χ2n) is 3.49. The maximum Gasteiger partial charge on any atom is 0.419 e. The van der Waals surface area contributed by atoms with Crippen LogP contribution in [0.2, 0.25) is 0 Å². The quantitative estimate of drug-likeness (QED) is 0.700. The Morgan fingerprint density at radius 1 is 1.43 bits per heavy atom. The molecule has 82 valence electrons. The third-order valence-electron chi connectivity index (χ3n) is 2.30. The summed E-state index contributed by atoms with van der Waals surface area (Å²) in [4.78, 5) is 10.2. The molecule has 0 spiro atoms. The van der Waals surface area contributed by atoms with E-state index < -0.39 is 16.3 Å². The summed E-state index contributed by atoms with van der Waals surface area (Å²) in [6.45, 7) is 2.84. The first-order valence-electron chi connectivity index (χ1n) is 4.42. The van der Waals surface area contributed by atoms with E-state index in [1.54, 1.807) is 0 Å². The van der Waals surface area contributed by atoms with Crippen molar-refractivity contribution in [3.05, 3.63) is 0 Å². The molecule has 2 N–H and O–H groups in total. The molecule has 1 aliphatic rings. The minimum Gasteiger partial charge on any atom is -0.464 e. The van der Waals surface area contributed by atoms with Crippen LogP contribution in [0.15, 0.2) is 0 Å². The first-order valence-corrected chi connectivity index (χ1v) is 5.86. The smallest absolute Gasteiger partial charge is 0.419 e. The Morgan fingerprint density at radius 2 is 1.93 bits per heavy atom. The van der Waals surface area contributed by atoms with E-state index in [2.05, 4.69) is 6.92 Å². The molecule has 1 amide bonds. The van der Waals surface area contributed by atoms with Gasteiger partial charge >= 0.3 is 16.3 Å². The van der Waals surface area contributed by atoms with Crippen LogP contribution in [0.25, 0.3) is 0 Å². The number of hydrogen-bond donors (Lipinski definition) is 2. The molecule has 1 heterocycles. The van der Waals surface area contributed by atoms with Crippen molar-refractivity contribution in [2.75, 3.05) is 13.1 Å². The highest BCUT2D eigenvalue weighted by Crippen LogP contribution is 2.17. The van der Waals surface area contributed by atoms with Crippen LogP contribution < -0.4 is 4.72 Å². The topological polar surface area (TPSA) is 86.7 Å². The molecule has 6 nitrogen and oxygen atoms in total. The molecule has 1 saturated heterocycles. The van der Waals surface area contributed by atoms with Crippen molar-refractivity contribution in [1.82, 2.24) is 9.03 Å². The average molecular weight is 222 g/mol. The van der Waals surface area contributed by atoms with Crippen LogP contribution in [0, 0.1) is 5.92 Å². The normalized spacial score (nSPS) is 20.6. The number of hydrogen-bond acceptors (Lipinski definition) is 3. The molecule has 0 aromatic carbocycles. The molecule has 14 heavy (non-hydrogen) atoms. The van der Waals surface area contributed by atoms with Crippen LogP contribution in [0.5, 0.6) is 0 Å². The van der Waals surface area contributed by atoms with E-state index in [0.29, 0.717) is 19.0 Å². The second-order valence-corrected chi connectivity index (χ2v) is 5.16. The molecular formula is C7H14N2O4S. The molecule has 0 aromatic heterocycles. The fourth-order valence-corrected chi connectivity index (χ4v) is 2.44. The molecule has 0 unspecified atom stereocenters. The Labute approximate surface area is 83.1 Å². The zero-order valence-corrected chi connectivity index (χ0v) is 8.75. The van der Waals surface area contributed by atoms with Crippen molar-refractivity contribution in [3.63, 3.8) is 0 Å². The monoisotopic (exact) mass is 222 g/mol. The fraction of sp³-hybridized carbons (Fsp3) is 0.857. The van der Waals surface area contributed by atoms with Crippen LogP contribution in [-0.2, 0) is 10.2 Å². The minimum absolute atomic E-state index is 0.393. The maximum absolute atomic E-state index is 11.3. The molecule has 7 heteroatoms. The summed E-state index contributed by atoms with van der Waals surface area (Å²) in [5.41, 5.74) is 0. The maximum atomic E-state index is 11.3. The molecule has 0 saturated carbocycles. The van der Waals surface area contributed by atoms with E-state index in [4.69, 9.17) is 5.11 Å². The molecule has 0 bridgehead atoms. The van der Waals surface area contributed by atoms with Gasteiger partial charge in [-0.05, 0) is 18.8 Å². The van der Waals surface area contributed by atoms with Crippen LogP contribution >= 0.6 is 0 Å². The van der Waals surface area contributed by atoms with Gasteiger partial charge in [0.25, 0.3) is 0 Å². The van der Waals surface area contributed by atoms with Gasteiger partial charge in [0.1, 0.15) is 0 Å². The predicted molar refractivity (Wildman–Crippen MR) is 50.1 cm³/mol. The lowest BCUT2D eigenvalue weighted by Crippen LogP contribution is -2.46. The highest BCUT2D eigenvalue weighted by atomic mass is 32.2. The third kappa shape index (κ3) is 2.85. The zero-order valence-electron chi connectivity index (χ0n) is 7.93. The van der Waals surface area contributed by atoms with E-state index in [1.165, 1.54) is 9.03 Å². The van der Waals surface area contributed by atoms with E-state index >= 15 is 0 Å². The third-order valence-corrected chi connectivity index (χ3v) is 3.78. The van der Waals surface area contributed by atoms with E-state index in [1.807, 2.05) is 0 Å². The van der Waals surface area contributed by atoms with Crippen molar-refractivity contribution in [3.8, 4) is 0 Å². The van der Waals surface area contributed by atoms with Crippen molar-refractivity contribution < 1.29 is 18.3 Å². The van der Waals surface area contributed by atoms with E-state index in [0.717, 1.165) is 12.8 Å². The van der Waals surface area contributed by atoms with Crippen LogP contribution in [-0.4, -0.2) is 37.0 Å². The zero-order chi connectivity index (χ0) is 10.8. The molecular weight excluding hydrogens is 208 g/mol. The fourth-order valence-electron chi connectivity index (χ4n) is 1.40. The van der Waals surface area contributed by atoms with Crippen molar-refractivity contribution in [2.45, 2.75) is 19.8 Å². The number of amides is 1. The Bertz CT molecular complexity index is 306. The Kier molecular flexibility index (Phi) is 3.33. The molecule has 1 rings (SSSR count). The highest BCUT2D eigenvalue weighted by molar-refractivity contribution is 7.87. The number of carboxylic acid groups (broad SMARTS) is 1. The lowest BCUT2D eigenvalue weighted by molar-refractivity contribution is 0.199. The van der Waals surface area contributed by atoms with Gasteiger partial charge in [-0.3, -0.25) is 0 Å². The predicted octanol–water partition coefficient (Wildman–Crippen LogP) is 0.231. The van der Waals surface area contributed by atoms with E-state index in [-0.39, 0.29) is 0 Å². The van der Waals surface area contributed by atoms with Gasteiger partial charge in [0.05, 0.1) is 0 Å². The van der Waals surface area contributed by atoms with Crippen LogP contribution in [0.4, 0.5) is 4.79 Å². The number of nitrogens with one attached hydrogen (secondary N) is 1. The Balaban J connectivity index is 2.60. The van der Waals surface area contributed by atoms with Crippen molar-refractivity contribution >= 4 is 16.3 Å². The summed E-state index contributed by atoms with van der Waals surface area (Å²) < 4.78 is 25.4. The minimum atomic E-state index is -3.82. The standard InChI is InChI=1S/C7H14N2O4S/c1-6-2-4-9(5-3-6)14(12,13)8-7(10)11/h6,8H,2-5H2,1H3,(H,10,11). The van der Waals surface area contributed by atoms with Gasteiger partial charge in [0.15, 0.2) is 0 Å². The summed E-state index contributed by atoms with van der Waals surface area (Å²) in [5.74, 6) is 0.506. The van der Waals surface area contributed by atoms with Crippen LogP contribution in [0.1, 0.15) is 19.8 Å². The lowest BCUT2D eigenvalue weighted by atomic mass is 10.0. The summed E-state index contributed by atoms with van der Waals surface area (Å²) in [6, 6.07) is 0. The van der Waals surface area contributed by atoms with Crippen LogP contribution in [0.3, 0.4) is 0 Å². The molecule has 1 aliphatic heterocycles. The number of rotatable bonds is 2. The highest BCUT2D eigenvalue weighted by Gasteiger charge is 2.27. The van der Waals surface area contributed by atoms with Gasteiger partial charge in [-0.15, -0.1) is 0 Å². The summed E-state index contributed by atoms with van der Waals surface area (Å²) in [6.07, 6.45) is 0.0183. The number of carbonyl (C=O) groups is 1. The molecule has 0 radical (unpaired) electrons. The summed E-state index contributed by atoms with van der Waals surface area (Å²) in [7, 11) is -3.82. The molecule has 0 aliphatic carbocycles. The van der Waals surface area contributed by atoms with E-state index in [9.17, 15) is 13.2 Å². The number of nitrogens with zero attached hydrogens (tertiary/aromatic N) is 1. The summed E-state index contributed by atoms with van der Waals surface area (Å²) in [5, 5.41) is 8.31. The van der Waals surface area contributed by atoms with Gasteiger partial charge in [-0.2, -0.15) is 12.7 Å².